The molecular formula is C15H30N2O2. The van der Waals surface area contributed by atoms with Crippen LogP contribution in [0.5, 0.6) is 0 Å². The van der Waals surface area contributed by atoms with Crippen LogP contribution in [-0.2, 0) is 4.79 Å². The second-order valence-corrected chi connectivity index (χ2v) is 6.15. The van der Waals surface area contributed by atoms with Crippen molar-refractivity contribution >= 4 is 5.91 Å². The van der Waals surface area contributed by atoms with Gasteiger partial charge in [-0.15, -0.1) is 0 Å². The minimum Gasteiger partial charge on any atom is -0.396 e. The van der Waals surface area contributed by atoms with E-state index in [9.17, 15) is 9.90 Å². The Morgan fingerprint density at radius 2 is 1.95 bits per heavy atom. The molecule has 1 rings (SSSR count). The molecule has 0 aliphatic heterocycles. The molecule has 0 aromatic heterocycles. The molecule has 4 nitrogen and oxygen atoms in total. The lowest BCUT2D eigenvalue weighted by molar-refractivity contribution is -0.120. The highest BCUT2D eigenvalue weighted by atomic mass is 16.3. The molecule has 0 aromatic carbocycles. The van der Waals surface area contributed by atoms with Crippen molar-refractivity contribution in [2.75, 3.05) is 26.2 Å². The summed E-state index contributed by atoms with van der Waals surface area (Å²) in [4.78, 5) is 11.6. The Kier molecular flexibility index (Phi) is 8.07. The van der Waals surface area contributed by atoms with Gasteiger partial charge in [0.2, 0.25) is 5.91 Å². The Hall–Kier alpha value is -0.610. The van der Waals surface area contributed by atoms with Crippen molar-refractivity contribution < 1.29 is 9.90 Å². The maximum Gasteiger partial charge on any atom is 0.233 e. The molecule has 0 heterocycles. The van der Waals surface area contributed by atoms with Crippen molar-refractivity contribution in [3.05, 3.63) is 0 Å². The van der Waals surface area contributed by atoms with Gasteiger partial charge in [0.25, 0.3) is 0 Å². The van der Waals surface area contributed by atoms with E-state index in [0.29, 0.717) is 24.3 Å². The molecule has 0 bridgehead atoms. The standard InChI is InChI=1S/C15H30N2O2/c1-12(2)7-8-17-15(19)10-16-9-13-5-3-4-6-14(13)11-18/h12-14,16,18H,3-11H2,1-2H3,(H,17,19). The normalized spacial score (nSPS) is 23.6. The van der Waals surface area contributed by atoms with Crippen LogP contribution in [-0.4, -0.2) is 37.3 Å². The minimum absolute atomic E-state index is 0.0806. The van der Waals surface area contributed by atoms with E-state index in [1.54, 1.807) is 0 Å². The summed E-state index contributed by atoms with van der Waals surface area (Å²) >= 11 is 0. The average Bonchev–Trinajstić information content (AvgIpc) is 2.39. The Morgan fingerprint density at radius 3 is 2.58 bits per heavy atom. The second-order valence-electron chi connectivity index (χ2n) is 6.15. The molecule has 0 saturated heterocycles. The zero-order valence-corrected chi connectivity index (χ0v) is 12.5. The van der Waals surface area contributed by atoms with Gasteiger partial charge in [0.15, 0.2) is 0 Å². The maximum atomic E-state index is 11.6. The van der Waals surface area contributed by atoms with E-state index in [2.05, 4.69) is 24.5 Å². The van der Waals surface area contributed by atoms with Gasteiger partial charge in [-0.25, -0.2) is 0 Å². The lowest BCUT2D eigenvalue weighted by Crippen LogP contribution is -2.39. The summed E-state index contributed by atoms with van der Waals surface area (Å²) in [6.07, 6.45) is 5.82. The van der Waals surface area contributed by atoms with Crippen LogP contribution in [0.4, 0.5) is 0 Å². The third kappa shape index (κ3) is 6.92. The van der Waals surface area contributed by atoms with Crippen LogP contribution >= 0.6 is 0 Å². The van der Waals surface area contributed by atoms with Crippen LogP contribution in [0.15, 0.2) is 0 Å². The fourth-order valence-electron chi connectivity index (χ4n) is 2.73. The van der Waals surface area contributed by atoms with Crippen molar-refractivity contribution in [2.24, 2.45) is 17.8 Å². The van der Waals surface area contributed by atoms with Crippen LogP contribution in [0, 0.1) is 17.8 Å². The molecule has 4 heteroatoms. The van der Waals surface area contributed by atoms with Crippen LogP contribution in [0.1, 0.15) is 46.0 Å². The number of aliphatic hydroxyl groups excluding tert-OH is 1. The first-order chi connectivity index (χ1) is 9.13. The van der Waals surface area contributed by atoms with Crippen molar-refractivity contribution in [3.63, 3.8) is 0 Å². The molecule has 1 amide bonds. The predicted octanol–water partition coefficient (Wildman–Crippen LogP) is 1.54. The monoisotopic (exact) mass is 270 g/mol. The summed E-state index contributed by atoms with van der Waals surface area (Å²) in [5.74, 6) is 1.66. The van der Waals surface area contributed by atoms with E-state index >= 15 is 0 Å². The SMILES string of the molecule is CC(C)CCNC(=O)CNCC1CCCCC1CO. The third-order valence-electron chi connectivity index (χ3n) is 4.04. The number of aliphatic hydroxyl groups is 1. The molecule has 3 N–H and O–H groups in total. The molecule has 1 fully saturated rings. The minimum atomic E-state index is 0.0806. The highest BCUT2D eigenvalue weighted by Gasteiger charge is 2.23. The first-order valence-electron chi connectivity index (χ1n) is 7.71. The molecule has 0 aromatic rings. The van der Waals surface area contributed by atoms with E-state index in [1.165, 1.54) is 19.3 Å². The number of amides is 1. The molecular weight excluding hydrogens is 240 g/mol. The predicted molar refractivity (Wildman–Crippen MR) is 77.9 cm³/mol. The molecule has 0 spiro atoms. The lowest BCUT2D eigenvalue weighted by atomic mass is 9.79. The Balaban J connectivity index is 2.09. The van der Waals surface area contributed by atoms with Gasteiger partial charge in [0, 0.05) is 13.2 Å². The Labute approximate surface area is 117 Å². The third-order valence-corrected chi connectivity index (χ3v) is 4.04. The molecule has 19 heavy (non-hydrogen) atoms. The molecule has 0 radical (unpaired) electrons. The van der Waals surface area contributed by atoms with Crippen LogP contribution in [0.2, 0.25) is 0 Å². The molecule has 2 unspecified atom stereocenters. The van der Waals surface area contributed by atoms with Gasteiger partial charge in [0.1, 0.15) is 0 Å². The zero-order chi connectivity index (χ0) is 14.1. The van der Waals surface area contributed by atoms with Gasteiger partial charge in [-0.1, -0.05) is 26.7 Å². The van der Waals surface area contributed by atoms with Crippen molar-refractivity contribution in [3.8, 4) is 0 Å². The quantitative estimate of drug-likeness (QED) is 0.627. The summed E-state index contributed by atoms with van der Waals surface area (Å²) in [5.41, 5.74) is 0. The van der Waals surface area contributed by atoms with Crippen LogP contribution < -0.4 is 10.6 Å². The summed E-state index contributed by atoms with van der Waals surface area (Å²) in [6, 6.07) is 0. The number of hydrogen-bond acceptors (Lipinski definition) is 3. The van der Waals surface area contributed by atoms with Gasteiger partial charge in [-0.3, -0.25) is 4.79 Å². The van der Waals surface area contributed by atoms with Crippen LogP contribution in [0.25, 0.3) is 0 Å². The summed E-state index contributed by atoms with van der Waals surface area (Å²) in [5, 5.41) is 15.5. The number of hydrogen-bond donors (Lipinski definition) is 3. The molecule has 112 valence electrons. The highest BCUT2D eigenvalue weighted by Crippen LogP contribution is 2.28. The summed E-state index contributed by atoms with van der Waals surface area (Å²) in [7, 11) is 0. The van der Waals surface area contributed by atoms with E-state index in [-0.39, 0.29) is 12.5 Å². The average molecular weight is 270 g/mol. The highest BCUT2D eigenvalue weighted by molar-refractivity contribution is 5.77. The van der Waals surface area contributed by atoms with Gasteiger partial charge in [0.05, 0.1) is 6.54 Å². The Bertz CT molecular complexity index is 257. The van der Waals surface area contributed by atoms with Gasteiger partial charge < -0.3 is 15.7 Å². The Morgan fingerprint density at radius 1 is 1.26 bits per heavy atom. The number of rotatable bonds is 8. The maximum absolute atomic E-state index is 11.6. The van der Waals surface area contributed by atoms with E-state index < -0.39 is 0 Å². The van der Waals surface area contributed by atoms with Crippen molar-refractivity contribution in [1.82, 2.24) is 10.6 Å². The van der Waals surface area contributed by atoms with Crippen molar-refractivity contribution in [1.29, 1.82) is 0 Å². The number of nitrogens with one attached hydrogen (secondary N) is 2. The molecule has 1 aliphatic carbocycles. The van der Waals surface area contributed by atoms with E-state index in [0.717, 1.165) is 25.9 Å². The van der Waals surface area contributed by atoms with Crippen molar-refractivity contribution in [2.45, 2.75) is 46.0 Å². The van der Waals surface area contributed by atoms with Crippen LogP contribution in [0.3, 0.4) is 0 Å². The van der Waals surface area contributed by atoms with E-state index in [4.69, 9.17) is 0 Å². The first kappa shape index (κ1) is 16.4. The smallest absolute Gasteiger partial charge is 0.233 e. The van der Waals surface area contributed by atoms with Gasteiger partial charge >= 0.3 is 0 Å². The van der Waals surface area contributed by atoms with Gasteiger partial charge in [-0.2, -0.15) is 0 Å². The fourth-order valence-corrected chi connectivity index (χ4v) is 2.73. The molecule has 2 atom stereocenters. The van der Waals surface area contributed by atoms with Gasteiger partial charge in [-0.05, 0) is 43.6 Å². The largest absolute Gasteiger partial charge is 0.396 e. The summed E-state index contributed by atoms with van der Waals surface area (Å²) < 4.78 is 0. The second kappa shape index (κ2) is 9.32. The first-order valence-corrected chi connectivity index (χ1v) is 7.71. The van der Waals surface area contributed by atoms with E-state index in [1.807, 2.05) is 0 Å². The number of carbonyl (C=O) groups excluding carboxylic acids is 1. The topological polar surface area (TPSA) is 61.4 Å². The summed E-state index contributed by atoms with van der Waals surface area (Å²) in [6.45, 7) is 6.61. The molecule has 1 saturated carbocycles. The fraction of sp³-hybridized carbons (Fsp3) is 0.933. The zero-order valence-electron chi connectivity index (χ0n) is 12.5. The molecule has 1 aliphatic rings. The lowest BCUT2D eigenvalue weighted by Gasteiger charge is -2.30. The number of carbonyl (C=O) groups is 1.